The van der Waals surface area contributed by atoms with Crippen molar-refractivity contribution >= 4 is 10.0 Å². The van der Waals surface area contributed by atoms with Gasteiger partial charge < -0.3 is 4.74 Å². The van der Waals surface area contributed by atoms with Gasteiger partial charge in [-0.15, -0.1) is 0 Å². The monoisotopic (exact) mass is 311 g/mol. The molecule has 21 heavy (non-hydrogen) atoms. The Morgan fingerprint density at radius 2 is 1.81 bits per heavy atom. The lowest BCUT2D eigenvalue weighted by molar-refractivity contribution is 0.0620. The van der Waals surface area contributed by atoms with Gasteiger partial charge in [-0.25, -0.2) is 12.7 Å². The fourth-order valence-corrected chi connectivity index (χ4v) is 3.93. The summed E-state index contributed by atoms with van der Waals surface area (Å²) in [5, 5.41) is 0. The second-order valence-corrected chi connectivity index (χ2v) is 7.78. The lowest BCUT2D eigenvalue weighted by Crippen LogP contribution is -2.34. The maximum Gasteiger partial charge on any atom is 0.242 e. The van der Waals surface area contributed by atoms with E-state index in [-0.39, 0.29) is 0 Å². The van der Waals surface area contributed by atoms with E-state index in [0.717, 1.165) is 38.9 Å². The number of sulfonamides is 1. The van der Waals surface area contributed by atoms with Gasteiger partial charge in [0.1, 0.15) is 0 Å². The predicted molar refractivity (Wildman–Crippen MR) is 83.8 cm³/mol. The summed E-state index contributed by atoms with van der Waals surface area (Å²) in [5.41, 5.74) is 1.18. The van der Waals surface area contributed by atoms with Gasteiger partial charge in [-0.2, -0.15) is 0 Å². The second kappa shape index (κ2) is 7.38. The van der Waals surface area contributed by atoms with Crippen LogP contribution in [0.4, 0.5) is 0 Å². The van der Waals surface area contributed by atoms with Crippen molar-refractivity contribution in [3.8, 4) is 0 Å². The van der Waals surface area contributed by atoms with Crippen LogP contribution in [0, 0.1) is 5.92 Å². The molecular formula is C16H25NO3S. The van der Waals surface area contributed by atoms with Gasteiger partial charge in [0.2, 0.25) is 10.0 Å². The second-order valence-electron chi connectivity index (χ2n) is 5.74. The highest BCUT2D eigenvalue weighted by atomic mass is 32.2. The number of rotatable bonds is 6. The van der Waals surface area contributed by atoms with E-state index < -0.39 is 10.0 Å². The third-order valence-electron chi connectivity index (χ3n) is 4.03. The molecule has 0 atom stereocenters. The van der Waals surface area contributed by atoms with Gasteiger partial charge in [0.05, 0.1) is 4.90 Å². The molecule has 0 aromatic heterocycles. The molecule has 1 aliphatic heterocycles. The zero-order chi connectivity index (χ0) is 15.3. The molecule has 0 unspecified atom stereocenters. The normalized spacial score (nSPS) is 17.3. The van der Waals surface area contributed by atoms with E-state index in [0.29, 0.717) is 17.4 Å². The van der Waals surface area contributed by atoms with Crippen LogP contribution in [0.15, 0.2) is 29.2 Å². The highest BCUT2D eigenvalue weighted by molar-refractivity contribution is 7.89. The van der Waals surface area contributed by atoms with Crippen molar-refractivity contribution in [2.24, 2.45) is 5.92 Å². The van der Waals surface area contributed by atoms with E-state index in [2.05, 4.69) is 6.92 Å². The molecule has 0 amide bonds. The third kappa shape index (κ3) is 4.28. The van der Waals surface area contributed by atoms with Crippen LogP contribution in [0.3, 0.4) is 0 Å². The molecular weight excluding hydrogens is 286 g/mol. The first kappa shape index (κ1) is 16.5. The molecule has 0 spiro atoms. The molecule has 1 fully saturated rings. The van der Waals surface area contributed by atoms with Crippen LogP contribution in [-0.2, 0) is 21.2 Å². The zero-order valence-corrected chi connectivity index (χ0v) is 13.7. The fraction of sp³-hybridized carbons (Fsp3) is 0.625. The van der Waals surface area contributed by atoms with Crippen molar-refractivity contribution in [1.82, 2.24) is 4.31 Å². The summed E-state index contributed by atoms with van der Waals surface area (Å²) in [5.74, 6) is 0.401. The van der Waals surface area contributed by atoms with Crippen LogP contribution >= 0.6 is 0 Å². The summed E-state index contributed by atoms with van der Waals surface area (Å²) in [6.45, 7) is 4.17. The maximum absolute atomic E-state index is 12.6. The highest BCUT2D eigenvalue weighted by Crippen LogP contribution is 2.21. The van der Waals surface area contributed by atoms with Gasteiger partial charge in [0, 0.05) is 26.8 Å². The molecule has 0 bridgehead atoms. The standard InChI is InChI=1S/C16H25NO3S/c1-3-4-14-5-7-16(8-6-14)21(18,19)17(2)13-15-9-11-20-12-10-15/h5-8,15H,3-4,9-13H2,1-2H3. The number of nitrogens with zero attached hydrogens (tertiary/aromatic N) is 1. The minimum atomic E-state index is -3.38. The highest BCUT2D eigenvalue weighted by Gasteiger charge is 2.24. The Hall–Kier alpha value is -0.910. The first-order valence-electron chi connectivity index (χ1n) is 7.67. The lowest BCUT2D eigenvalue weighted by Gasteiger charge is -2.26. The molecule has 4 nitrogen and oxygen atoms in total. The van der Waals surface area contributed by atoms with E-state index in [1.165, 1.54) is 9.87 Å². The smallest absolute Gasteiger partial charge is 0.242 e. The van der Waals surface area contributed by atoms with Crippen molar-refractivity contribution in [2.75, 3.05) is 26.8 Å². The molecule has 2 rings (SSSR count). The first-order valence-corrected chi connectivity index (χ1v) is 9.11. The van der Waals surface area contributed by atoms with Gasteiger partial charge >= 0.3 is 0 Å². The average molecular weight is 311 g/mol. The van der Waals surface area contributed by atoms with E-state index in [1.807, 2.05) is 12.1 Å². The number of aryl methyl sites for hydroxylation is 1. The van der Waals surface area contributed by atoms with Crippen LogP contribution in [0.2, 0.25) is 0 Å². The molecule has 1 aromatic carbocycles. The topological polar surface area (TPSA) is 46.6 Å². The molecule has 1 aliphatic rings. The number of hydrogen-bond acceptors (Lipinski definition) is 3. The molecule has 1 saturated heterocycles. The summed E-state index contributed by atoms with van der Waals surface area (Å²) in [7, 11) is -1.71. The number of benzene rings is 1. The molecule has 1 aromatic rings. The third-order valence-corrected chi connectivity index (χ3v) is 5.86. The Morgan fingerprint density at radius 3 is 2.38 bits per heavy atom. The van der Waals surface area contributed by atoms with Gasteiger partial charge in [-0.05, 0) is 42.9 Å². The van der Waals surface area contributed by atoms with E-state index in [1.54, 1.807) is 19.2 Å². The minimum Gasteiger partial charge on any atom is -0.381 e. The van der Waals surface area contributed by atoms with Crippen molar-refractivity contribution < 1.29 is 13.2 Å². The SMILES string of the molecule is CCCc1ccc(S(=O)(=O)N(C)CC2CCOCC2)cc1. The van der Waals surface area contributed by atoms with Crippen LogP contribution in [0.5, 0.6) is 0 Å². The zero-order valence-electron chi connectivity index (χ0n) is 12.9. The molecule has 118 valence electrons. The van der Waals surface area contributed by atoms with Crippen molar-refractivity contribution in [2.45, 2.75) is 37.5 Å². The van der Waals surface area contributed by atoms with Crippen LogP contribution in [-0.4, -0.2) is 39.5 Å². The maximum atomic E-state index is 12.6. The van der Waals surface area contributed by atoms with Gasteiger partial charge in [-0.3, -0.25) is 0 Å². The average Bonchev–Trinajstić information content (AvgIpc) is 2.49. The summed E-state index contributed by atoms with van der Waals surface area (Å²) in [4.78, 5) is 0.386. The van der Waals surface area contributed by atoms with Crippen LogP contribution in [0.1, 0.15) is 31.7 Å². The van der Waals surface area contributed by atoms with Gasteiger partial charge in [0.25, 0.3) is 0 Å². The molecule has 0 saturated carbocycles. The predicted octanol–water partition coefficient (Wildman–Crippen LogP) is 2.69. The van der Waals surface area contributed by atoms with Crippen molar-refractivity contribution in [3.63, 3.8) is 0 Å². The molecule has 0 radical (unpaired) electrons. The summed E-state index contributed by atoms with van der Waals surface area (Å²) in [6.07, 6.45) is 3.93. The Labute approximate surface area is 128 Å². The van der Waals surface area contributed by atoms with E-state index >= 15 is 0 Å². The van der Waals surface area contributed by atoms with Crippen LogP contribution < -0.4 is 0 Å². The summed E-state index contributed by atoms with van der Waals surface area (Å²) in [6, 6.07) is 7.28. The number of hydrogen-bond donors (Lipinski definition) is 0. The quantitative estimate of drug-likeness (QED) is 0.811. The Bertz CT molecular complexity index is 533. The largest absolute Gasteiger partial charge is 0.381 e. The molecule has 0 aliphatic carbocycles. The Balaban J connectivity index is 2.05. The van der Waals surface area contributed by atoms with E-state index in [4.69, 9.17) is 4.74 Å². The first-order chi connectivity index (χ1) is 10.0. The molecule has 1 heterocycles. The Kier molecular flexibility index (Phi) is 5.79. The van der Waals surface area contributed by atoms with Gasteiger partial charge in [0.15, 0.2) is 0 Å². The van der Waals surface area contributed by atoms with Crippen molar-refractivity contribution in [1.29, 1.82) is 0 Å². The Morgan fingerprint density at radius 1 is 1.19 bits per heavy atom. The van der Waals surface area contributed by atoms with Crippen molar-refractivity contribution in [3.05, 3.63) is 29.8 Å². The molecule has 0 N–H and O–H groups in total. The van der Waals surface area contributed by atoms with Crippen LogP contribution in [0.25, 0.3) is 0 Å². The molecule has 5 heteroatoms. The fourth-order valence-electron chi connectivity index (χ4n) is 2.69. The minimum absolute atomic E-state index is 0.386. The summed E-state index contributed by atoms with van der Waals surface area (Å²) < 4.78 is 31.9. The van der Waals surface area contributed by atoms with Gasteiger partial charge in [-0.1, -0.05) is 25.5 Å². The number of ether oxygens (including phenoxy) is 1. The lowest BCUT2D eigenvalue weighted by atomic mass is 10.0. The summed E-state index contributed by atoms with van der Waals surface area (Å²) >= 11 is 0. The van der Waals surface area contributed by atoms with E-state index in [9.17, 15) is 8.42 Å².